The zero-order chi connectivity index (χ0) is 21.4. The minimum atomic E-state index is -0.603. The van der Waals surface area contributed by atoms with E-state index in [9.17, 15) is 14.4 Å². The summed E-state index contributed by atoms with van der Waals surface area (Å²) in [5, 5.41) is 5.59. The number of rotatable bonds is 8. The van der Waals surface area contributed by atoms with Crippen molar-refractivity contribution in [2.75, 3.05) is 17.7 Å². The fourth-order valence-corrected chi connectivity index (χ4v) is 3.52. The number of thioether (sulfide) groups is 1. The average Bonchev–Trinajstić information content (AvgIpc) is 2.67. The quantitative estimate of drug-likeness (QED) is 0.508. The maximum Gasteiger partial charge on any atom is 0.339 e. The molecular weight excluding hydrogens is 388 g/mol. The molecule has 0 spiro atoms. The van der Waals surface area contributed by atoms with Crippen molar-refractivity contribution in [1.29, 1.82) is 0 Å². The van der Waals surface area contributed by atoms with Crippen molar-refractivity contribution in [3.63, 3.8) is 0 Å². The van der Waals surface area contributed by atoms with Gasteiger partial charge < -0.3 is 15.4 Å². The van der Waals surface area contributed by atoms with Crippen molar-refractivity contribution < 1.29 is 19.1 Å². The summed E-state index contributed by atoms with van der Waals surface area (Å²) < 4.78 is 5.19. The topological polar surface area (TPSA) is 84.5 Å². The monoisotopic (exact) mass is 414 g/mol. The molecular formula is C22H26N2O4S. The van der Waals surface area contributed by atoms with E-state index >= 15 is 0 Å². The van der Waals surface area contributed by atoms with E-state index in [1.165, 1.54) is 11.8 Å². The minimum absolute atomic E-state index is 0.0544. The normalized spacial score (nSPS) is 10.5. The summed E-state index contributed by atoms with van der Waals surface area (Å²) in [6.45, 7) is 7.18. The van der Waals surface area contributed by atoms with Gasteiger partial charge in [-0.15, -0.1) is 11.8 Å². The number of anilines is 1. The lowest BCUT2D eigenvalue weighted by atomic mass is 10.1. The van der Waals surface area contributed by atoms with Crippen LogP contribution in [-0.4, -0.2) is 36.2 Å². The fourth-order valence-electron chi connectivity index (χ4n) is 2.66. The highest BCUT2D eigenvalue weighted by Gasteiger charge is 2.16. The van der Waals surface area contributed by atoms with E-state index < -0.39 is 11.9 Å². The molecule has 0 aliphatic rings. The summed E-state index contributed by atoms with van der Waals surface area (Å²) in [6, 6.07) is 12.6. The average molecular weight is 415 g/mol. The molecule has 0 aliphatic carbocycles. The fraction of sp³-hybridized carbons (Fsp3) is 0.318. The molecule has 0 saturated heterocycles. The zero-order valence-corrected chi connectivity index (χ0v) is 17.9. The second-order valence-electron chi connectivity index (χ2n) is 6.90. The molecule has 6 nitrogen and oxygen atoms in total. The Hall–Kier alpha value is -2.80. The third-order valence-corrected chi connectivity index (χ3v) is 5.07. The van der Waals surface area contributed by atoms with Gasteiger partial charge in [-0.1, -0.05) is 30.3 Å². The number of nitrogens with one attached hydrogen (secondary N) is 2. The summed E-state index contributed by atoms with van der Waals surface area (Å²) in [5.41, 5.74) is 2.92. The van der Waals surface area contributed by atoms with Crippen LogP contribution in [0.4, 0.5) is 5.69 Å². The van der Waals surface area contributed by atoms with E-state index in [4.69, 9.17) is 4.74 Å². The molecule has 7 heteroatoms. The predicted octanol–water partition coefficient (Wildman–Crippen LogP) is 3.72. The van der Waals surface area contributed by atoms with Crippen molar-refractivity contribution in [2.45, 2.75) is 38.6 Å². The largest absolute Gasteiger partial charge is 0.452 e. The maximum absolute atomic E-state index is 12.5. The summed E-state index contributed by atoms with van der Waals surface area (Å²) in [6.07, 6.45) is 0. The lowest BCUT2D eigenvalue weighted by Crippen LogP contribution is -2.31. The van der Waals surface area contributed by atoms with E-state index in [1.807, 2.05) is 45.9 Å². The third kappa shape index (κ3) is 6.94. The number of benzene rings is 2. The number of ether oxygens (including phenoxy) is 1. The first-order valence-electron chi connectivity index (χ1n) is 9.32. The van der Waals surface area contributed by atoms with Crippen LogP contribution in [-0.2, 0) is 14.3 Å². The van der Waals surface area contributed by atoms with Gasteiger partial charge >= 0.3 is 5.97 Å². The molecule has 0 saturated carbocycles. The summed E-state index contributed by atoms with van der Waals surface area (Å²) >= 11 is 1.25. The molecule has 2 N–H and O–H groups in total. The number of para-hydroxylation sites is 1. The van der Waals surface area contributed by atoms with Crippen molar-refractivity contribution in [1.82, 2.24) is 5.32 Å². The lowest BCUT2D eigenvalue weighted by Gasteiger charge is -2.13. The third-order valence-electron chi connectivity index (χ3n) is 4.00. The Bertz CT molecular complexity index is 876. The smallest absolute Gasteiger partial charge is 0.339 e. The van der Waals surface area contributed by atoms with Gasteiger partial charge in [0.15, 0.2) is 6.61 Å². The van der Waals surface area contributed by atoms with Gasteiger partial charge in [0.1, 0.15) is 0 Å². The second-order valence-corrected chi connectivity index (χ2v) is 7.92. The number of hydrogen-bond donors (Lipinski definition) is 2. The van der Waals surface area contributed by atoms with E-state index in [2.05, 4.69) is 10.6 Å². The first-order valence-corrected chi connectivity index (χ1v) is 10.3. The molecule has 2 aromatic rings. The maximum atomic E-state index is 12.5. The van der Waals surface area contributed by atoms with Crippen LogP contribution in [0.2, 0.25) is 0 Å². The first kappa shape index (κ1) is 22.5. The van der Waals surface area contributed by atoms with Gasteiger partial charge in [-0.2, -0.15) is 0 Å². The first-order chi connectivity index (χ1) is 13.8. The molecule has 0 fully saturated rings. The molecule has 2 amide bonds. The molecule has 0 heterocycles. The molecule has 2 rings (SSSR count). The Labute approximate surface area is 175 Å². The Kier molecular flexibility index (Phi) is 8.27. The van der Waals surface area contributed by atoms with Crippen LogP contribution in [0.3, 0.4) is 0 Å². The number of aryl methyl sites for hydroxylation is 2. The van der Waals surface area contributed by atoms with Gasteiger partial charge in [-0.25, -0.2) is 4.79 Å². The number of amides is 2. The highest BCUT2D eigenvalue weighted by atomic mass is 32.2. The Morgan fingerprint density at radius 3 is 2.28 bits per heavy atom. The molecule has 29 heavy (non-hydrogen) atoms. The number of hydrogen-bond acceptors (Lipinski definition) is 5. The van der Waals surface area contributed by atoms with Gasteiger partial charge in [-0.05, 0) is 51.0 Å². The van der Waals surface area contributed by atoms with E-state index in [0.29, 0.717) is 10.5 Å². The number of carbonyl (C=O) groups is 3. The summed E-state index contributed by atoms with van der Waals surface area (Å²) in [4.78, 5) is 37.2. The predicted molar refractivity (Wildman–Crippen MR) is 115 cm³/mol. The van der Waals surface area contributed by atoms with Crippen LogP contribution in [0.25, 0.3) is 0 Å². The van der Waals surface area contributed by atoms with Crippen LogP contribution >= 0.6 is 11.8 Å². The summed E-state index contributed by atoms with van der Waals surface area (Å²) in [5.74, 6) is -0.928. The summed E-state index contributed by atoms with van der Waals surface area (Å²) in [7, 11) is 0. The molecule has 0 atom stereocenters. The Balaban J connectivity index is 1.95. The van der Waals surface area contributed by atoms with Crippen molar-refractivity contribution in [3.05, 3.63) is 59.2 Å². The van der Waals surface area contributed by atoms with Crippen LogP contribution in [0.1, 0.15) is 35.3 Å². The Morgan fingerprint density at radius 2 is 1.62 bits per heavy atom. The van der Waals surface area contributed by atoms with E-state index in [1.54, 1.807) is 24.3 Å². The van der Waals surface area contributed by atoms with Crippen LogP contribution in [0, 0.1) is 13.8 Å². The minimum Gasteiger partial charge on any atom is -0.452 e. The number of esters is 1. The molecule has 0 radical (unpaired) electrons. The second kappa shape index (κ2) is 10.7. The van der Waals surface area contributed by atoms with Gasteiger partial charge in [-0.3, -0.25) is 9.59 Å². The molecule has 154 valence electrons. The van der Waals surface area contributed by atoms with Crippen molar-refractivity contribution in [3.8, 4) is 0 Å². The lowest BCUT2D eigenvalue weighted by molar-refractivity contribution is -0.119. The highest BCUT2D eigenvalue weighted by Crippen LogP contribution is 2.23. The van der Waals surface area contributed by atoms with Gasteiger partial charge in [0.25, 0.3) is 5.91 Å². The highest BCUT2D eigenvalue weighted by molar-refractivity contribution is 8.00. The molecule has 0 bridgehead atoms. The van der Waals surface area contributed by atoms with Gasteiger partial charge in [0.2, 0.25) is 5.91 Å². The SMILES string of the molecule is Cc1cccc(C)c1NC(=O)COC(=O)c1ccccc1SCC(=O)NC(C)C. The molecule has 0 unspecified atom stereocenters. The van der Waals surface area contributed by atoms with E-state index in [0.717, 1.165) is 16.8 Å². The van der Waals surface area contributed by atoms with Crippen molar-refractivity contribution in [2.24, 2.45) is 0 Å². The number of carbonyl (C=O) groups excluding carboxylic acids is 3. The van der Waals surface area contributed by atoms with E-state index in [-0.39, 0.29) is 24.3 Å². The zero-order valence-electron chi connectivity index (χ0n) is 17.1. The van der Waals surface area contributed by atoms with Crippen LogP contribution < -0.4 is 10.6 Å². The molecule has 0 aromatic heterocycles. The van der Waals surface area contributed by atoms with Gasteiger partial charge in [0.05, 0.1) is 11.3 Å². The Morgan fingerprint density at radius 1 is 0.966 bits per heavy atom. The molecule has 2 aromatic carbocycles. The van der Waals surface area contributed by atoms with Crippen LogP contribution in [0.15, 0.2) is 47.4 Å². The molecule has 0 aliphatic heterocycles. The van der Waals surface area contributed by atoms with Gasteiger partial charge in [0, 0.05) is 16.6 Å². The standard InChI is InChI=1S/C22H26N2O4S/c1-14(2)23-20(26)13-29-18-11-6-5-10-17(18)22(27)28-12-19(25)24-21-15(3)8-7-9-16(21)4/h5-11,14H,12-13H2,1-4H3,(H,23,26)(H,24,25). The van der Waals surface area contributed by atoms with Crippen LogP contribution in [0.5, 0.6) is 0 Å². The van der Waals surface area contributed by atoms with Crippen molar-refractivity contribution >= 4 is 35.2 Å².